The zero-order valence-corrected chi connectivity index (χ0v) is 23.7. The molecule has 0 saturated heterocycles. The van der Waals surface area contributed by atoms with E-state index in [1.807, 2.05) is 31.7 Å². The van der Waals surface area contributed by atoms with Gasteiger partial charge in [-0.05, 0) is 76.0 Å². The summed E-state index contributed by atoms with van der Waals surface area (Å²) in [5, 5.41) is 9.42. The lowest BCUT2D eigenvalue weighted by Gasteiger charge is -2.35. The Labute approximate surface area is 231 Å². The van der Waals surface area contributed by atoms with Gasteiger partial charge in [-0.2, -0.15) is 5.26 Å². The maximum Gasteiger partial charge on any atom is 0.254 e. The van der Waals surface area contributed by atoms with Gasteiger partial charge in [0, 0.05) is 42.2 Å². The van der Waals surface area contributed by atoms with Crippen molar-refractivity contribution < 1.29 is 14.3 Å². The van der Waals surface area contributed by atoms with Crippen LogP contribution in [0.3, 0.4) is 0 Å². The zero-order chi connectivity index (χ0) is 28.1. The van der Waals surface area contributed by atoms with Crippen LogP contribution in [0.15, 0.2) is 36.7 Å². The van der Waals surface area contributed by atoms with Gasteiger partial charge >= 0.3 is 0 Å². The highest BCUT2D eigenvalue weighted by Crippen LogP contribution is 2.37. The van der Waals surface area contributed by atoms with Crippen LogP contribution >= 0.6 is 0 Å². The standard InChI is InChI=1S/C31H37N5O3/c1-7-35(5)11-9-22-13-27(26-15-24(38-6)19-33-20(26)3)25-10-12-36(31(37)28(25)14-22)21(4)29-16-30(39-8-2)23(17-32)18-34-29/h13-16,18-19,21H,7-12H2,1-6H3/t21-/m0/s1. The molecule has 0 spiro atoms. The van der Waals surface area contributed by atoms with Gasteiger partial charge in [0.25, 0.3) is 5.91 Å². The largest absolute Gasteiger partial charge is 0.495 e. The summed E-state index contributed by atoms with van der Waals surface area (Å²) in [7, 11) is 3.74. The quantitative estimate of drug-likeness (QED) is 0.367. The molecule has 8 nitrogen and oxygen atoms in total. The second-order valence-electron chi connectivity index (χ2n) is 9.90. The monoisotopic (exact) mass is 527 g/mol. The molecule has 0 bridgehead atoms. The number of amides is 1. The van der Waals surface area contributed by atoms with Crippen LogP contribution in [0.25, 0.3) is 11.1 Å². The first kappa shape index (κ1) is 28.1. The molecular weight excluding hydrogens is 490 g/mol. The summed E-state index contributed by atoms with van der Waals surface area (Å²) in [4.78, 5) is 27.3. The number of carbonyl (C=O) groups is 1. The van der Waals surface area contributed by atoms with Crippen LogP contribution in [-0.4, -0.2) is 66.1 Å². The van der Waals surface area contributed by atoms with Crippen molar-refractivity contribution >= 4 is 5.91 Å². The minimum atomic E-state index is -0.281. The number of pyridine rings is 2. The second kappa shape index (κ2) is 12.3. The molecule has 1 amide bonds. The van der Waals surface area contributed by atoms with E-state index in [1.54, 1.807) is 19.4 Å². The van der Waals surface area contributed by atoms with E-state index in [4.69, 9.17) is 9.47 Å². The molecule has 4 rings (SSSR count). The molecule has 8 heteroatoms. The summed E-state index contributed by atoms with van der Waals surface area (Å²) in [6, 6.07) is 9.91. The van der Waals surface area contributed by atoms with Crippen molar-refractivity contribution in [2.45, 2.75) is 46.6 Å². The van der Waals surface area contributed by atoms with E-state index in [-0.39, 0.29) is 11.9 Å². The van der Waals surface area contributed by atoms with E-state index in [1.165, 1.54) is 6.20 Å². The van der Waals surface area contributed by atoms with Crippen LogP contribution in [0.2, 0.25) is 0 Å². The number of fused-ring (bicyclic) bond motifs is 1. The van der Waals surface area contributed by atoms with Gasteiger partial charge in [0.15, 0.2) is 0 Å². The molecule has 3 heterocycles. The first-order chi connectivity index (χ1) is 18.8. The SMILES string of the molecule is CCOc1cc([C@H](C)N2CCc3c(cc(CCN(C)CC)cc3-c3cc(OC)cnc3C)C2=O)ncc1C#N. The third-order valence-electron chi connectivity index (χ3n) is 7.52. The maximum atomic E-state index is 14.1. The van der Waals surface area contributed by atoms with Crippen LogP contribution in [0, 0.1) is 18.3 Å². The number of hydrogen-bond donors (Lipinski definition) is 0. The van der Waals surface area contributed by atoms with Gasteiger partial charge in [-0.1, -0.05) is 13.0 Å². The fourth-order valence-electron chi connectivity index (χ4n) is 5.01. The van der Waals surface area contributed by atoms with Crippen LogP contribution in [0.1, 0.15) is 65.2 Å². The number of nitrogens with zero attached hydrogens (tertiary/aromatic N) is 5. The highest BCUT2D eigenvalue weighted by molar-refractivity contribution is 5.99. The highest BCUT2D eigenvalue weighted by Gasteiger charge is 2.32. The molecule has 39 heavy (non-hydrogen) atoms. The Bertz CT molecular complexity index is 1400. The normalized spacial score (nSPS) is 13.7. The summed E-state index contributed by atoms with van der Waals surface area (Å²) in [6.45, 7) is 10.8. The highest BCUT2D eigenvalue weighted by atomic mass is 16.5. The Morgan fingerprint density at radius 1 is 1.13 bits per heavy atom. The molecule has 0 unspecified atom stereocenters. The number of rotatable bonds is 10. The molecule has 0 aliphatic carbocycles. The summed E-state index contributed by atoms with van der Waals surface area (Å²) < 4.78 is 11.1. The summed E-state index contributed by atoms with van der Waals surface area (Å²) in [5.41, 5.74) is 6.89. The minimum Gasteiger partial charge on any atom is -0.495 e. The number of carbonyl (C=O) groups excluding carboxylic acids is 1. The fraction of sp³-hybridized carbons (Fsp3) is 0.419. The Hall–Kier alpha value is -3.96. The van der Waals surface area contributed by atoms with Gasteiger partial charge in [-0.15, -0.1) is 0 Å². The molecule has 0 radical (unpaired) electrons. The van der Waals surface area contributed by atoms with Crippen molar-refractivity contribution in [3.63, 3.8) is 0 Å². The molecule has 0 saturated carbocycles. The van der Waals surface area contributed by atoms with Gasteiger partial charge in [-0.3, -0.25) is 14.8 Å². The molecule has 0 fully saturated rings. The van der Waals surface area contributed by atoms with Crippen molar-refractivity contribution in [2.75, 3.05) is 40.4 Å². The molecule has 3 aromatic rings. The third kappa shape index (κ3) is 5.89. The van der Waals surface area contributed by atoms with Gasteiger partial charge in [0.05, 0.1) is 31.6 Å². The smallest absolute Gasteiger partial charge is 0.254 e. The molecule has 1 aromatic carbocycles. The lowest BCUT2D eigenvalue weighted by Crippen LogP contribution is -2.40. The number of ether oxygens (including phenoxy) is 2. The maximum absolute atomic E-state index is 14.1. The Kier molecular flexibility index (Phi) is 8.82. The lowest BCUT2D eigenvalue weighted by molar-refractivity contribution is 0.0669. The van der Waals surface area contributed by atoms with E-state index in [2.05, 4.69) is 47.0 Å². The average Bonchev–Trinajstić information content (AvgIpc) is 2.96. The Morgan fingerprint density at radius 2 is 1.90 bits per heavy atom. The van der Waals surface area contributed by atoms with Crippen molar-refractivity contribution in [1.82, 2.24) is 19.8 Å². The number of aromatic nitrogens is 2. The van der Waals surface area contributed by atoms with E-state index in [0.29, 0.717) is 42.3 Å². The molecule has 2 aromatic heterocycles. The van der Waals surface area contributed by atoms with Crippen molar-refractivity contribution in [3.8, 4) is 28.7 Å². The summed E-state index contributed by atoms with van der Waals surface area (Å²) in [5.74, 6) is 1.16. The van der Waals surface area contributed by atoms with Crippen molar-refractivity contribution in [2.24, 2.45) is 0 Å². The van der Waals surface area contributed by atoms with Crippen molar-refractivity contribution in [3.05, 3.63) is 70.3 Å². The predicted octanol–water partition coefficient (Wildman–Crippen LogP) is 4.98. The Morgan fingerprint density at radius 3 is 2.59 bits per heavy atom. The van der Waals surface area contributed by atoms with Crippen LogP contribution in [-0.2, 0) is 12.8 Å². The van der Waals surface area contributed by atoms with Gasteiger partial charge in [-0.25, -0.2) is 0 Å². The first-order valence-electron chi connectivity index (χ1n) is 13.5. The second-order valence-corrected chi connectivity index (χ2v) is 9.90. The van der Waals surface area contributed by atoms with Gasteiger partial charge < -0.3 is 19.3 Å². The molecule has 1 aliphatic rings. The topological polar surface area (TPSA) is 91.6 Å². The first-order valence-corrected chi connectivity index (χ1v) is 13.5. The van der Waals surface area contributed by atoms with Crippen LogP contribution in [0.4, 0.5) is 0 Å². The average molecular weight is 528 g/mol. The van der Waals surface area contributed by atoms with E-state index in [9.17, 15) is 10.1 Å². The molecule has 1 aliphatic heterocycles. The van der Waals surface area contributed by atoms with E-state index < -0.39 is 0 Å². The third-order valence-corrected chi connectivity index (χ3v) is 7.52. The number of benzene rings is 1. The minimum absolute atomic E-state index is 0.0201. The number of likely N-dealkylation sites (N-methyl/N-ethyl adjacent to an activating group) is 1. The Balaban J connectivity index is 1.76. The predicted molar refractivity (Wildman–Crippen MR) is 151 cm³/mol. The summed E-state index contributed by atoms with van der Waals surface area (Å²) in [6.07, 6.45) is 4.79. The summed E-state index contributed by atoms with van der Waals surface area (Å²) >= 11 is 0. The fourth-order valence-corrected chi connectivity index (χ4v) is 5.01. The number of methoxy groups -OCH3 is 1. The molecule has 1 atom stereocenters. The van der Waals surface area contributed by atoms with Crippen LogP contribution in [0.5, 0.6) is 11.5 Å². The zero-order valence-electron chi connectivity index (χ0n) is 23.7. The molecule has 0 N–H and O–H groups in total. The van der Waals surface area contributed by atoms with Gasteiger partial charge in [0.2, 0.25) is 0 Å². The number of hydrogen-bond acceptors (Lipinski definition) is 7. The van der Waals surface area contributed by atoms with E-state index in [0.717, 1.165) is 53.0 Å². The molecule has 204 valence electrons. The molecular formula is C31H37N5O3. The lowest BCUT2D eigenvalue weighted by atomic mass is 9.86. The van der Waals surface area contributed by atoms with E-state index >= 15 is 0 Å². The van der Waals surface area contributed by atoms with Gasteiger partial charge in [0.1, 0.15) is 23.1 Å². The van der Waals surface area contributed by atoms with Crippen molar-refractivity contribution in [1.29, 1.82) is 5.26 Å². The van der Waals surface area contributed by atoms with Crippen LogP contribution < -0.4 is 9.47 Å². The number of aryl methyl sites for hydroxylation is 1. The number of nitriles is 1.